The van der Waals surface area contributed by atoms with E-state index in [2.05, 4.69) is 11.9 Å². The first kappa shape index (κ1) is 25.9. The van der Waals surface area contributed by atoms with E-state index in [-0.39, 0.29) is 5.91 Å². The molecule has 0 unspecified atom stereocenters. The number of carbonyl (C=O) groups is 2. The Morgan fingerprint density at radius 3 is 2.49 bits per heavy atom. The van der Waals surface area contributed by atoms with Crippen LogP contribution >= 0.6 is 0 Å². The van der Waals surface area contributed by atoms with Gasteiger partial charge in [-0.2, -0.15) is 0 Å². The fourth-order valence-electron chi connectivity index (χ4n) is 4.80. The first-order chi connectivity index (χ1) is 19.0. The summed E-state index contributed by atoms with van der Waals surface area (Å²) in [6, 6.07) is 24.3. The minimum Gasteiger partial charge on any atom is -0.496 e. The summed E-state index contributed by atoms with van der Waals surface area (Å²) in [5, 5.41) is 10.8. The molecule has 0 saturated carbocycles. The van der Waals surface area contributed by atoms with Crippen LogP contribution in [-0.4, -0.2) is 45.5 Å². The number of ether oxygens (including phenoxy) is 1. The summed E-state index contributed by atoms with van der Waals surface area (Å²) in [7, 11) is 1.62. The van der Waals surface area contributed by atoms with Crippen LogP contribution in [0.1, 0.15) is 46.2 Å². The van der Waals surface area contributed by atoms with Crippen LogP contribution in [0.15, 0.2) is 78.9 Å². The van der Waals surface area contributed by atoms with E-state index in [0.29, 0.717) is 35.8 Å². The number of rotatable bonds is 9. The molecule has 2 aromatic heterocycles. The molecule has 0 saturated heterocycles. The van der Waals surface area contributed by atoms with Gasteiger partial charge >= 0.3 is 0 Å². The third kappa shape index (κ3) is 5.19. The van der Waals surface area contributed by atoms with Crippen molar-refractivity contribution in [2.75, 3.05) is 13.7 Å². The Labute approximate surface area is 226 Å². The number of para-hydroxylation sites is 2. The molecule has 0 aliphatic heterocycles. The molecule has 0 radical (unpaired) electrons. The van der Waals surface area contributed by atoms with Crippen molar-refractivity contribution >= 4 is 33.6 Å². The molecule has 0 atom stereocenters. The number of fused-ring (bicyclic) bond motifs is 3. The molecular formula is C31H30N4O4. The van der Waals surface area contributed by atoms with Crippen LogP contribution in [0.2, 0.25) is 0 Å². The number of benzene rings is 3. The number of hydroxylamine groups is 1. The van der Waals surface area contributed by atoms with Crippen molar-refractivity contribution < 1.29 is 19.5 Å². The quantitative estimate of drug-likeness (QED) is 0.164. The number of amides is 2. The lowest BCUT2D eigenvalue weighted by atomic mass is 10.0. The molecule has 198 valence electrons. The fraction of sp³-hybridized carbons (Fsp3) is 0.194. The van der Waals surface area contributed by atoms with Crippen LogP contribution in [-0.2, 0) is 6.54 Å². The third-order valence-corrected chi connectivity index (χ3v) is 6.84. The number of aromatic nitrogens is 2. The standard InChI is InChI=1S/C31H30N4O4/c1-3-4-17-35(19-20-13-15-21(16-14-20)30(36)34-38)31(37)26-18-24-22-9-5-7-11-25(22)32-29(24)28(33-26)23-10-6-8-12-27(23)39-2/h5-16,18,32,38H,3-4,17,19H2,1-2H3,(H,34,36). The molecule has 5 aromatic rings. The van der Waals surface area contributed by atoms with Gasteiger partial charge in [-0.25, -0.2) is 10.5 Å². The zero-order chi connectivity index (χ0) is 27.4. The van der Waals surface area contributed by atoms with Crippen LogP contribution in [0.3, 0.4) is 0 Å². The molecule has 0 spiro atoms. The van der Waals surface area contributed by atoms with E-state index in [1.807, 2.05) is 54.6 Å². The number of unbranched alkanes of at least 4 members (excludes halogenated alkanes) is 1. The highest BCUT2D eigenvalue weighted by Gasteiger charge is 2.23. The third-order valence-electron chi connectivity index (χ3n) is 6.84. The molecular weight excluding hydrogens is 492 g/mol. The fourth-order valence-corrected chi connectivity index (χ4v) is 4.80. The molecule has 0 bridgehead atoms. The summed E-state index contributed by atoms with van der Waals surface area (Å²) >= 11 is 0. The predicted octanol–water partition coefficient (Wildman–Crippen LogP) is 5.95. The van der Waals surface area contributed by atoms with Gasteiger partial charge in [-0.3, -0.25) is 14.8 Å². The minimum atomic E-state index is -0.583. The van der Waals surface area contributed by atoms with E-state index >= 15 is 0 Å². The van der Waals surface area contributed by atoms with Crippen molar-refractivity contribution in [2.24, 2.45) is 0 Å². The van der Waals surface area contributed by atoms with Gasteiger partial charge in [-0.05, 0) is 48.4 Å². The first-order valence-electron chi connectivity index (χ1n) is 12.9. The maximum absolute atomic E-state index is 14.0. The molecule has 0 aliphatic carbocycles. The van der Waals surface area contributed by atoms with Crippen molar-refractivity contribution in [3.05, 3.63) is 95.7 Å². The Balaban J connectivity index is 1.60. The molecule has 0 aliphatic rings. The molecule has 3 aromatic carbocycles. The largest absolute Gasteiger partial charge is 0.496 e. The normalized spacial score (nSPS) is 11.1. The van der Waals surface area contributed by atoms with Gasteiger partial charge in [0.1, 0.15) is 11.4 Å². The first-order valence-corrected chi connectivity index (χ1v) is 12.9. The molecule has 2 amide bonds. The number of nitrogens with zero attached hydrogens (tertiary/aromatic N) is 2. The van der Waals surface area contributed by atoms with Gasteiger partial charge in [0.2, 0.25) is 0 Å². The van der Waals surface area contributed by atoms with Gasteiger partial charge in [0.15, 0.2) is 0 Å². The van der Waals surface area contributed by atoms with Gasteiger partial charge in [0.05, 0.1) is 18.3 Å². The zero-order valence-corrected chi connectivity index (χ0v) is 21.9. The van der Waals surface area contributed by atoms with Crippen LogP contribution in [0.5, 0.6) is 5.75 Å². The Morgan fingerprint density at radius 2 is 1.74 bits per heavy atom. The number of carbonyl (C=O) groups excluding carboxylic acids is 2. The maximum Gasteiger partial charge on any atom is 0.274 e. The molecule has 39 heavy (non-hydrogen) atoms. The Kier molecular flexibility index (Phi) is 7.56. The summed E-state index contributed by atoms with van der Waals surface area (Å²) in [6.45, 7) is 3.00. The molecule has 2 heterocycles. The highest BCUT2D eigenvalue weighted by molar-refractivity contribution is 6.13. The highest BCUT2D eigenvalue weighted by atomic mass is 16.5. The number of methoxy groups -OCH3 is 1. The molecule has 8 heteroatoms. The van der Waals surface area contributed by atoms with Crippen LogP contribution < -0.4 is 10.2 Å². The molecule has 3 N–H and O–H groups in total. The number of hydrogen-bond donors (Lipinski definition) is 3. The molecule has 0 fully saturated rings. The van der Waals surface area contributed by atoms with Gasteiger partial charge in [0.25, 0.3) is 11.8 Å². The van der Waals surface area contributed by atoms with Gasteiger partial charge in [0, 0.05) is 40.5 Å². The summed E-state index contributed by atoms with van der Waals surface area (Å²) in [4.78, 5) is 35.9. The lowest BCUT2D eigenvalue weighted by molar-refractivity contribution is 0.0704. The van der Waals surface area contributed by atoms with E-state index in [9.17, 15) is 9.59 Å². The summed E-state index contributed by atoms with van der Waals surface area (Å²) < 4.78 is 5.64. The summed E-state index contributed by atoms with van der Waals surface area (Å²) in [6.07, 6.45) is 1.77. The number of H-pyrrole nitrogens is 1. The Morgan fingerprint density at radius 1 is 1.00 bits per heavy atom. The number of nitrogens with one attached hydrogen (secondary N) is 2. The molecule has 5 rings (SSSR count). The second-order valence-electron chi connectivity index (χ2n) is 9.37. The number of aromatic amines is 1. The number of hydrogen-bond acceptors (Lipinski definition) is 5. The van der Waals surface area contributed by atoms with E-state index in [1.165, 1.54) is 0 Å². The predicted molar refractivity (Wildman–Crippen MR) is 151 cm³/mol. The van der Waals surface area contributed by atoms with Gasteiger partial charge < -0.3 is 14.6 Å². The average molecular weight is 523 g/mol. The highest BCUT2D eigenvalue weighted by Crippen LogP contribution is 2.36. The lowest BCUT2D eigenvalue weighted by Crippen LogP contribution is -2.32. The van der Waals surface area contributed by atoms with Crippen LogP contribution in [0.4, 0.5) is 0 Å². The zero-order valence-electron chi connectivity index (χ0n) is 21.9. The van der Waals surface area contributed by atoms with Crippen molar-refractivity contribution in [3.63, 3.8) is 0 Å². The topological polar surface area (TPSA) is 108 Å². The average Bonchev–Trinajstić information content (AvgIpc) is 3.37. The van der Waals surface area contributed by atoms with E-state index in [0.717, 1.165) is 45.8 Å². The van der Waals surface area contributed by atoms with E-state index in [4.69, 9.17) is 14.9 Å². The maximum atomic E-state index is 14.0. The van der Waals surface area contributed by atoms with Crippen molar-refractivity contribution in [1.29, 1.82) is 0 Å². The SMILES string of the molecule is CCCCN(Cc1ccc(C(=O)NO)cc1)C(=O)c1cc2c([nH]c3ccccc32)c(-c2ccccc2OC)n1. The van der Waals surface area contributed by atoms with Crippen LogP contribution in [0, 0.1) is 0 Å². The molecule has 8 nitrogen and oxygen atoms in total. The Hall–Kier alpha value is -4.69. The lowest BCUT2D eigenvalue weighted by Gasteiger charge is -2.23. The van der Waals surface area contributed by atoms with Crippen molar-refractivity contribution in [2.45, 2.75) is 26.3 Å². The minimum absolute atomic E-state index is 0.177. The smallest absolute Gasteiger partial charge is 0.274 e. The van der Waals surface area contributed by atoms with Gasteiger partial charge in [-0.1, -0.05) is 55.8 Å². The summed E-state index contributed by atoms with van der Waals surface area (Å²) in [5.74, 6) is -0.0890. The van der Waals surface area contributed by atoms with E-state index in [1.54, 1.807) is 41.8 Å². The Bertz CT molecular complexity index is 1640. The van der Waals surface area contributed by atoms with E-state index < -0.39 is 5.91 Å². The van der Waals surface area contributed by atoms with Crippen molar-refractivity contribution in [1.82, 2.24) is 20.3 Å². The second kappa shape index (κ2) is 11.4. The monoisotopic (exact) mass is 522 g/mol. The van der Waals surface area contributed by atoms with Crippen LogP contribution in [0.25, 0.3) is 33.1 Å². The number of pyridine rings is 1. The van der Waals surface area contributed by atoms with Gasteiger partial charge in [-0.15, -0.1) is 0 Å². The summed E-state index contributed by atoms with van der Waals surface area (Å²) in [5.41, 5.74) is 6.44. The second-order valence-corrected chi connectivity index (χ2v) is 9.37. The van der Waals surface area contributed by atoms with Crippen molar-refractivity contribution in [3.8, 4) is 17.0 Å².